The molecule has 74 valence electrons. The number of rotatable bonds is 2. The van der Waals surface area contributed by atoms with E-state index in [9.17, 15) is 8.78 Å². The molecular formula is C8H4Cl2F2N2. The third-order valence-electron chi connectivity index (χ3n) is 1.63. The molecule has 1 aromatic rings. The maximum Gasteiger partial charge on any atom is 0.265 e. The Balaban J connectivity index is 3.45. The average molecular weight is 237 g/mol. The zero-order valence-corrected chi connectivity index (χ0v) is 8.28. The second kappa shape index (κ2) is 4.54. The van der Waals surface area contributed by atoms with Crippen LogP contribution in [0.5, 0.6) is 0 Å². The molecule has 1 aromatic heterocycles. The van der Waals surface area contributed by atoms with Crippen LogP contribution < -0.4 is 0 Å². The molecule has 2 nitrogen and oxygen atoms in total. The van der Waals surface area contributed by atoms with E-state index in [-0.39, 0.29) is 22.2 Å². The molecule has 0 radical (unpaired) electrons. The number of hydrogen-bond donors (Lipinski definition) is 0. The SMILES string of the molecule is N#Cc1ncc(Cl)c(C(F)F)c1CCl. The van der Waals surface area contributed by atoms with Crippen molar-refractivity contribution in [1.29, 1.82) is 5.26 Å². The van der Waals surface area contributed by atoms with Gasteiger partial charge in [0.2, 0.25) is 0 Å². The first-order valence-electron chi connectivity index (χ1n) is 3.53. The Hall–Kier alpha value is -0.920. The van der Waals surface area contributed by atoms with E-state index in [0.29, 0.717) is 0 Å². The third kappa shape index (κ3) is 1.94. The smallest absolute Gasteiger partial charge is 0.244 e. The van der Waals surface area contributed by atoms with Crippen LogP contribution in [0.2, 0.25) is 5.02 Å². The number of aromatic nitrogens is 1. The Morgan fingerprint density at radius 2 is 2.21 bits per heavy atom. The molecule has 0 spiro atoms. The molecule has 0 aliphatic rings. The molecule has 0 unspecified atom stereocenters. The normalized spacial score (nSPS) is 10.3. The molecule has 1 heterocycles. The first-order chi connectivity index (χ1) is 6.61. The molecule has 0 amide bonds. The lowest BCUT2D eigenvalue weighted by Gasteiger charge is -2.08. The summed E-state index contributed by atoms with van der Waals surface area (Å²) in [5.41, 5.74) is -0.524. The van der Waals surface area contributed by atoms with Crippen LogP contribution >= 0.6 is 23.2 Å². The Morgan fingerprint density at radius 1 is 1.57 bits per heavy atom. The summed E-state index contributed by atoms with van der Waals surface area (Å²) >= 11 is 11.0. The van der Waals surface area contributed by atoms with Gasteiger partial charge in [-0.2, -0.15) is 5.26 Å². The molecule has 0 atom stereocenters. The monoisotopic (exact) mass is 236 g/mol. The average Bonchev–Trinajstić information content (AvgIpc) is 2.16. The van der Waals surface area contributed by atoms with E-state index in [1.54, 1.807) is 6.07 Å². The molecule has 0 saturated heterocycles. The minimum atomic E-state index is -2.76. The zero-order chi connectivity index (χ0) is 10.7. The highest BCUT2D eigenvalue weighted by Gasteiger charge is 2.20. The number of hydrogen-bond acceptors (Lipinski definition) is 2. The lowest BCUT2D eigenvalue weighted by atomic mass is 10.1. The van der Waals surface area contributed by atoms with Crippen molar-refractivity contribution >= 4 is 23.2 Å². The van der Waals surface area contributed by atoms with E-state index >= 15 is 0 Å². The zero-order valence-electron chi connectivity index (χ0n) is 6.77. The summed E-state index contributed by atoms with van der Waals surface area (Å²) in [7, 11) is 0. The second-order valence-corrected chi connectivity index (χ2v) is 3.07. The molecule has 6 heteroatoms. The topological polar surface area (TPSA) is 36.7 Å². The maximum absolute atomic E-state index is 12.5. The maximum atomic E-state index is 12.5. The van der Waals surface area contributed by atoms with Crippen molar-refractivity contribution in [2.24, 2.45) is 0 Å². The summed E-state index contributed by atoms with van der Waals surface area (Å²) in [6.45, 7) is 0. The van der Waals surface area contributed by atoms with Gasteiger partial charge in [0.25, 0.3) is 6.43 Å². The summed E-state index contributed by atoms with van der Waals surface area (Å²) in [5.74, 6) is -0.212. The van der Waals surface area contributed by atoms with Gasteiger partial charge in [-0.1, -0.05) is 11.6 Å². The van der Waals surface area contributed by atoms with E-state index in [4.69, 9.17) is 28.5 Å². The Labute approximate surface area is 89.1 Å². The predicted octanol–water partition coefficient (Wildman–Crippen LogP) is 3.28. The molecule has 0 aliphatic heterocycles. The fourth-order valence-electron chi connectivity index (χ4n) is 1.01. The highest BCUT2D eigenvalue weighted by atomic mass is 35.5. The fourth-order valence-corrected chi connectivity index (χ4v) is 1.52. The summed E-state index contributed by atoms with van der Waals surface area (Å²) in [6.07, 6.45) is -1.73. The van der Waals surface area contributed by atoms with Crippen molar-refractivity contribution < 1.29 is 8.78 Å². The van der Waals surface area contributed by atoms with E-state index < -0.39 is 12.0 Å². The number of halogens is 4. The number of pyridine rings is 1. The van der Waals surface area contributed by atoms with Gasteiger partial charge in [0, 0.05) is 17.3 Å². The van der Waals surface area contributed by atoms with Crippen LogP contribution in [0.3, 0.4) is 0 Å². The van der Waals surface area contributed by atoms with E-state index in [0.717, 1.165) is 6.20 Å². The van der Waals surface area contributed by atoms with Gasteiger partial charge in [0.15, 0.2) is 0 Å². The fraction of sp³-hybridized carbons (Fsp3) is 0.250. The summed E-state index contributed by atoms with van der Waals surface area (Å²) in [4.78, 5) is 3.60. The van der Waals surface area contributed by atoms with Crippen LogP contribution in [-0.2, 0) is 5.88 Å². The van der Waals surface area contributed by atoms with Gasteiger partial charge in [-0.3, -0.25) is 0 Å². The molecule has 1 rings (SSSR count). The van der Waals surface area contributed by atoms with Gasteiger partial charge >= 0.3 is 0 Å². The summed E-state index contributed by atoms with van der Waals surface area (Å²) < 4.78 is 25.0. The van der Waals surface area contributed by atoms with Crippen molar-refractivity contribution in [2.75, 3.05) is 0 Å². The van der Waals surface area contributed by atoms with Crippen LogP contribution in [0.25, 0.3) is 0 Å². The molecule has 0 saturated carbocycles. The molecule has 0 aliphatic carbocycles. The highest BCUT2D eigenvalue weighted by Crippen LogP contribution is 2.31. The van der Waals surface area contributed by atoms with Crippen molar-refractivity contribution in [3.8, 4) is 6.07 Å². The minimum absolute atomic E-state index is 0.00309. The largest absolute Gasteiger partial charge is 0.265 e. The van der Waals surface area contributed by atoms with Crippen LogP contribution in [0.4, 0.5) is 8.78 Å². The minimum Gasteiger partial charge on any atom is -0.244 e. The highest BCUT2D eigenvalue weighted by molar-refractivity contribution is 6.31. The standard InChI is InChI=1S/C8H4Cl2F2N2/c9-1-4-6(2-13)14-3-5(10)7(4)8(11)12/h3,8H,1H2. The third-order valence-corrected chi connectivity index (χ3v) is 2.20. The molecule has 0 fully saturated rings. The number of nitriles is 1. The Bertz CT molecular complexity index is 388. The van der Waals surface area contributed by atoms with Crippen LogP contribution in [0.1, 0.15) is 23.2 Å². The lowest BCUT2D eigenvalue weighted by Crippen LogP contribution is -2.00. The number of nitrogens with zero attached hydrogens (tertiary/aromatic N) is 2. The van der Waals surface area contributed by atoms with E-state index in [2.05, 4.69) is 4.98 Å². The summed E-state index contributed by atoms with van der Waals surface area (Å²) in [6, 6.07) is 1.68. The van der Waals surface area contributed by atoms with Gasteiger partial charge in [0.05, 0.1) is 10.9 Å². The first kappa shape index (κ1) is 11.2. The lowest BCUT2D eigenvalue weighted by molar-refractivity contribution is 0.150. The van der Waals surface area contributed by atoms with Crippen molar-refractivity contribution in [2.45, 2.75) is 12.3 Å². The second-order valence-electron chi connectivity index (χ2n) is 2.39. The van der Waals surface area contributed by atoms with Gasteiger partial charge < -0.3 is 0 Å². The van der Waals surface area contributed by atoms with Crippen LogP contribution in [0, 0.1) is 11.3 Å². The summed E-state index contributed by atoms with van der Waals surface area (Å²) in [5, 5.41) is 8.42. The quantitative estimate of drug-likeness (QED) is 0.740. The van der Waals surface area contributed by atoms with Gasteiger partial charge in [-0.15, -0.1) is 11.6 Å². The van der Waals surface area contributed by atoms with Crippen LogP contribution in [-0.4, -0.2) is 4.98 Å². The molecular weight excluding hydrogens is 233 g/mol. The van der Waals surface area contributed by atoms with E-state index in [1.807, 2.05) is 0 Å². The van der Waals surface area contributed by atoms with Crippen LogP contribution in [0.15, 0.2) is 6.20 Å². The van der Waals surface area contributed by atoms with Gasteiger partial charge in [-0.05, 0) is 0 Å². The molecule has 0 bridgehead atoms. The van der Waals surface area contributed by atoms with E-state index in [1.165, 1.54) is 0 Å². The van der Waals surface area contributed by atoms with Crippen molar-refractivity contribution in [3.63, 3.8) is 0 Å². The number of alkyl halides is 3. The van der Waals surface area contributed by atoms with Crippen molar-refractivity contribution in [3.05, 3.63) is 28.0 Å². The Morgan fingerprint density at radius 3 is 2.64 bits per heavy atom. The van der Waals surface area contributed by atoms with Gasteiger partial charge in [-0.25, -0.2) is 13.8 Å². The predicted molar refractivity (Wildman–Crippen MR) is 48.5 cm³/mol. The van der Waals surface area contributed by atoms with Crippen molar-refractivity contribution in [1.82, 2.24) is 4.98 Å². The molecule has 14 heavy (non-hydrogen) atoms. The Kier molecular flexibility index (Phi) is 3.62. The molecule has 0 aromatic carbocycles. The molecule has 0 N–H and O–H groups in total. The van der Waals surface area contributed by atoms with Gasteiger partial charge in [0.1, 0.15) is 11.8 Å². The first-order valence-corrected chi connectivity index (χ1v) is 4.44.